The van der Waals surface area contributed by atoms with Crippen LogP contribution in [0.4, 0.5) is 4.39 Å². The highest BCUT2D eigenvalue weighted by molar-refractivity contribution is 6.76. The van der Waals surface area contributed by atoms with Crippen LogP contribution in [0.1, 0.15) is 54.9 Å². The molecule has 0 amide bonds. The van der Waals surface area contributed by atoms with Gasteiger partial charge in [0.05, 0.1) is 24.8 Å². The van der Waals surface area contributed by atoms with E-state index in [1.54, 1.807) is 19.1 Å². The quantitative estimate of drug-likeness (QED) is 0.0928. The van der Waals surface area contributed by atoms with Crippen LogP contribution in [-0.2, 0) is 35.1 Å². The Balaban J connectivity index is 0.980. The molecular formula is C39H47ClFN7O4Si. The molecular weight excluding hydrogens is 713 g/mol. The Morgan fingerprint density at radius 2 is 1.85 bits per heavy atom. The first-order valence-electron chi connectivity index (χ1n) is 18.6. The lowest BCUT2D eigenvalue weighted by Gasteiger charge is -2.33. The second-order valence-electron chi connectivity index (χ2n) is 15.8. The van der Waals surface area contributed by atoms with E-state index in [1.807, 2.05) is 29.8 Å². The van der Waals surface area contributed by atoms with Crippen molar-refractivity contribution in [2.45, 2.75) is 96.4 Å². The number of hydrogen-bond acceptors (Lipinski definition) is 9. The molecule has 53 heavy (non-hydrogen) atoms. The van der Waals surface area contributed by atoms with Gasteiger partial charge in [0.15, 0.2) is 23.0 Å². The molecule has 11 nitrogen and oxygen atoms in total. The Labute approximate surface area is 315 Å². The Hall–Kier alpha value is -3.88. The molecule has 8 rings (SSSR count). The fourth-order valence-corrected chi connectivity index (χ4v) is 8.36. The predicted molar refractivity (Wildman–Crippen MR) is 203 cm³/mol. The highest BCUT2D eigenvalue weighted by Gasteiger charge is 2.43. The van der Waals surface area contributed by atoms with Crippen molar-refractivity contribution in [3.8, 4) is 22.9 Å². The Kier molecular flexibility index (Phi) is 9.81. The van der Waals surface area contributed by atoms with Crippen LogP contribution in [0.3, 0.4) is 0 Å². The smallest absolute Gasteiger partial charge is 0.278 e. The molecule has 0 radical (unpaired) electrons. The number of imidazole rings is 1. The topological polar surface area (TPSA) is 102 Å². The average molecular weight is 760 g/mol. The van der Waals surface area contributed by atoms with E-state index in [0.29, 0.717) is 35.4 Å². The van der Waals surface area contributed by atoms with Gasteiger partial charge < -0.3 is 23.5 Å². The number of aryl methyl sites for hydroxylation is 1. The number of pyridine rings is 1. The summed E-state index contributed by atoms with van der Waals surface area (Å²) in [5, 5.41) is 9.19. The largest absolute Gasteiger partial charge is 0.444 e. The maximum atomic E-state index is 15.0. The Morgan fingerprint density at radius 3 is 2.58 bits per heavy atom. The lowest BCUT2D eigenvalue weighted by Crippen LogP contribution is -2.35. The molecule has 0 saturated carbocycles. The van der Waals surface area contributed by atoms with Crippen LogP contribution in [0.25, 0.3) is 22.6 Å². The van der Waals surface area contributed by atoms with Gasteiger partial charge in [0.2, 0.25) is 0 Å². The summed E-state index contributed by atoms with van der Waals surface area (Å²) in [5.74, 6) is 2.36. The van der Waals surface area contributed by atoms with E-state index < -0.39 is 19.7 Å². The SMILES string of the molecule is Cc1nnc(-c2cnc3c(c2)nc(CN2CCC(c4cccc5c4O[C@@](C)(c4ccc(Cl)cc4F)O5)CC2)n3C[C@@H]2CCO2)n1COCC[Si](C)(C)C. The van der Waals surface area contributed by atoms with Gasteiger partial charge >= 0.3 is 0 Å². The minimum absolute atomic E-state index is 0.159. The molecule has 3 aliphatic rings. The number of para-hydroxylation sites is 1. The summed E-state index contributed by atoms with van der Waals surface area (Å²) in [6, 6.07) is 13.7. The molecule has 5 aromatic rings. The number of aromatic nitrogens is 6. The summed E-state index contributed by atoms with van der Waals surface area (Å²) < 4.78 is 43.8. The molecule has 14 heteroatoms. The van der Waals surface area contributed by atoms with Crippen LogP contribution in [0.15, 0.2) is 48.7 Å². The van der Waals surface area contributed by atoms with Crippen LogP contribution < -0.4 is 9.47 Å². The van der Waals surface area contributed by atoms with E-state index in [9.17, 15) is 4.39 Å². The normalized spacial score (nSPS) is 20.7. The van der Waals surface area contributed by atoms with Gasteiger partial charge in [-0.2, -0.15) is 0 Å². The van der Waals surface area contributed by atoms with Crippen LogP contribution in [0, 0.1) is 12.7 Å². The van der Waals surface area contributed by atoms with Gasteiger partial charge in [-0.05, 0) is 81.6 Å². The standard InChI is InChI=1S/C39H47ClFN7O4Si/c1-25-44-45-37(48(25)24-49-17-18-53(3,4)5)27-19-33-38(42-21-27)47(22-29-13-16-50-29)35(43-33)23-46-14-11-26(12-15-46)30-7-6-8-34-36(30)52-39(2,51-34)31-10-9-28(40)20-32(31)41/h6-10,19-21,26,29H,11-18,22-24H2,1-5H3/t29-,39-/m0/s1. The molecule has 2 saturated heterocycles. The van der Waals surface area contributed by atoms with Crippen LogP contribution in [-0.4, -0.2) is 74.7 Å². The van der Waals surface area contributed by atoms with Gasteiger partial charge in [0.1, 0.15) is 29.7 Å². The summed E-state index contributed by atoms with van der Waals surface area (Å²) in [6.07, 6.45) is 4.94. The number of halogens is 2. The first-order chi connectivity index (χ1) is 25.4. The molecule has 0 unspecified atom stereocenters. The fourth-order valence-electron chi connectivity index (χ4n) is 7.45. The number of benzene rings is 2. The maximum absolute atomic E-state index is 15.0. The highest BCUT2D eigenvalue weighted by atomic mass is 35.5. The average Bonchev–Trinajstić information content (AvgIpc) is 3.76. The first kappa shape index (κ1) is 36.1. The van der Waals surface area contributed by atoms with Gasteiger partial charge in [0.25, 0.3) is 5.79 Å². The van der Waals surface area contributed by atoms with Crippen molar-refractivity contribution in [1.29, 1.82) is 0 Å². The number of fused-ring (bicyclic) bond motifs is 2. The fraction of sp³-hybridized carbons (Fsp3) is 0.487. The van der Waals surface area contributed by atoms with Crippen molar-refractivity contribution in [3.05, 3.63) is 82.3 Å². The van der Waals surface area contributed by atoms with Crippen molar-refractivity contribution in [1.82, 2.24) is 34.2 Å². The molecule has 280 valence electrons. The minimum Gasteiger partial charge on any atom is -0.444 e. The zero-order valence-electron chi connectivity index (χ0n) is 31.1. The van der Waals surface area contributed by atoms with Crippen LogP contribution >= 0.6 is 11.6 Å². The summed E-state index contributed by atoms with van der Waals surface area (Å²) in [6.45, 7) is 15.9. The van der Waals surface area contributed by atoms with Gasteiger partial charge in [-0.15, -0.1) is 10.2 Å². The molecule has 0 spiro atoms. The zero-order chi connectivity index (χ0) is 36.9. The van der Waals surface area contributed by atoms with E-state index in [2.05, 4.69) is 51.4 Å². The Bertz CT molecular complexity index is 2120. The number of ether oxygens (including phenoxy) is 4. The van der Waals surface area contributed by atoms with Crippen molar-refractivity contribution in [2.75, 3.05) is 26.3 Å². The molecule has 0 N–H and O–H groups in total. The van der Waals surface area contributed by atoms with Gasteiger partial charge in [-0.25, -0.2) is 14.4 Å². The van der Waals surface area contributed by atoms with Crippen molar-refractivity contribution in [3.63, 3.8) is 0 Å². The molecule has 2 aromatic carbocycles. The van der Waals surface area contributed by atoms with Crippen molar-refractivity contribution >= 4 is 30.8 Å². The summed E-state index contributed by atoms with van der Waals surface area (Å²) in [7, 11) is -1.19. The molecule has 2 atom stereocenters. The highest BCUT2D eigenvalue weighted by Crippen LogP contribution is 2.50. The number of hydrogen-bond donors (Lipinski definition) is 0. The van der Waals surface area contributed by atoms with E-state index in [-0.39, 0.29) is 12.0 Å². The predicted octanol–water partition coefficient (Wildman–Crippen LogP) is 7.92. The van der Waals surface area contributed by atoms with E-state index in [1.165, 1.54) is 6.07 Å². The lowest BCUT2D eigenvalue weighted by atomic mass is 9.88. The van der Waals surface area contributed by atoms with E-state index >= 15 is 0 Å². The number of likely N-dealkylation sites (tertiary alicyclic amines) is 1. The summed E-state index contributed by atoms with van der Waals surface area (Å²) in [4.78, 5) is 12.6. The monoisotopic (exact) mass is 759 g/mol. The number of piperidine rings is 1. The van der Waals surface area contributed by atoms with Crippen LogP contribution in [0.2, 0.25) is 30.7 Å². The third-order valence-electron chi connectivity index (χ3n) is 10.7. The van der Waals surface area contributed by atoms with Crippen LogP contribution in [0.5, 0.6) is 11.5 Å². The van der Waals surface area contributed by atoms with Gasteiger partial charge in [0, 0.05) is 50.6 Å². The summed E-state index contributed by atoms with van der Waals surface area (Å²) >= 11 is 6.02. The van der Waals surface area contributed by atoms with Gasteiger partial charge in [-0.1, -0.05) is 43.4 Å². The van der Waals surface area contributed by atoms with Crippen molar-refractivity contribution in [2.24, 2.45) is 0 Å². The molecule has 0 bridgehead atoms. The second kappa shape index (κ2) is 14.4. The zero-order valence-corrected chi connectivity index (χ0v) is 32.8. The third-order valence-corrected chi connectivity index (χ3v) is 12.6. The molecule has 3 aromatic heterocycles. The molecule has 3 aliphatic heterocycles. The van der Waals surface area contributed by atoms with E-state index in [4.69, 9.17) is 40.5 Å². The minimum atomic E-state index is -1.28. The molecule has 6 heterocycles. The maximum Gasteiger partial charge on any atom is 0.278 e. The second-order valence-corrected chi connectivity index (χ2v) is 21.9. The number of rotatable bonds is 12. The molecule has 0 aliphatic carbocycles. The summed E-state index contributed by atoms with van der Waals surface area (Å²) in [5.41, 5.74) is 3.95. The Morgan fingerprint density at radius 1 is 1.04 bits per heavy atom. The van der Waals surface area contributed by atoms with Gasteiger partial charge in [-0.3, -0.25) is 9.47 Å². The lowest BCUT2D eigenvalue weighted by molar-refractivity contribution is -0.0712. The third kappa shape index (κ3) is 7.46. The van der Waals surface area contributed by atoms with E-state index in [0.717, 1.165) is 97.9 Å². The molecule has 2 fully saturated rings. The van der Waals surface area contributed by atoms with Crippen molar-refractivity contribution < 1.29 is 23.3 Å². The number of nitrogens with zero attached hydrogens (tertiary/aromatic N) is 7. The first-order valence-corrected chi connectivity index (χ1v) is 22.7.